The number of carbonyl (C=O) groups is 1. The number of thioether (sulfide) groups is 1. The lowest BCUT2D eigenvalue weighted by molar-refractivity contribution is -0.147. The molecule has 8 nitrogen and oxygen atoms in total. The molecule has 0 aliphatic carbocycles. The summed E-state index contributed by atoms with van der Waals surface area (Å²) in [5.74, 6) is 0.0417. The molecule has 0 aliphatic rings. The summed E-state index contributed by atoms with van der Waals surface area (Å²) < 4.78 is 16.1. The number of hydrogen-bond donors (Lipinski definition) is 1. The number of aromatic amines is 1. The van der Waals surface area contributed by atoms with Gasteiger partial charge >= 0.3 is 5.97 Å². The van der Waals surface area contributed by atoms with Crippen molar-refractivity contribution in [3.63, 3.8) is 0 Å². The molecule has 2 aromatic rings. The molecule has 1 aromatic heterocycles. The Bertz CT molecular complexity index is 970. The molecular formula is C17H16BrN3O5S. The lowest BCUT2D eigenvalue weighted by atomic mass is 10.1. The number of benzene rings is 1. The average molecular weight is 454 g/mol. The van der Waals surface area contributed by atoms with Crippen LogP contribution in [0.25, 0.3) is 11.3 Å². The summed E-state index contributed by atoms with van der Waals surface area (Å²) in [7, 11) is 2.70. The molecule has 1 atom stereocenters. The Morgan fingerprint density at radius 2 is 2.11 bits per heavy atom. The topological polar surface area (TPSA) is 114 Å². The second kappa shape index (κ2) is 8.92. The van der Waals surface area contributed by atoms with Crippen molar-refractivity contribution >= 4 is 33.7 Å². The molecule has 0 amide bonds. The third kappa shape index (κ3) is 4.43. The van der Waals surface area contributed by atoms with Crippen LogP contribution in [0.5, 0.6) is 11.5 Å². The minimum absolute atomic E-state index is 0.113. The van der Waals surface area contributed by atoms with Gasteiger partial charge in [0.1, 0.15) is 11.6 Å². The van der Waals surface area contributed by atoms with Gasteiger partial charge in [0.05, 0.1) is 24.4 Å². The zero-order valence-electron chi connectivity index (χ0n) is 15.0. The number of ether oxygens (including phenoxy) is 3. The lowest BCUT2D eigenvalue weighted by Gasteiger charge is -2.17. The van der Waals surface area contributed by atoms with Crippen LogP contribution in [0.1, 0.15) is 12.5 Å². The lowest BCUT2D eigenvalue weighted by Crippen LogP contribution is -2.25. The van der Waals surface area contributed by atoms with Crippen molar-refractivity contribution in [2.45, 2.75) is 18.2 Å². The van der Waals surface area contributed by atoms with Gasteiger partial charge in [-0.25, -0.2) is 9.78 Å². The summed E-state index contributed by atoms with van der Waals surface area (Å²) >= 11 is 4.62. The Labute approximate surface area is 168 Å². The van der Waals surface area contributed by atoms with Crippen LogP contribution in [0.3, 0.4) is 0 Å². The van der Waals surface area contributed by atoms with Gasteiger partial charge in [0, 0.05) is 5.56 Å². The van der Waals surface area contributed by atoms with Gasteiger partial charge < -0.3 is 19.2 Å². The maximum absolute atomic E-state index is 12.1. The summed E-state index contributed by atoms with van der Waals surface area (Å²) in [6, 6.07) is 5.09. The first-order valence-corrected chi connectivity index (χ1v) is 9.58. The quantitative estimate of drug-likeness (QED) is 0.403. The van der Waals surface area contributed by atoms with Gasteiger partial charge in [-0.15, -0.1) is 0 Å². The number of rotatable bonds is 6. The van der Waals surface area contributed by atoms with Crippen LogP contribution in [-0.2, 0) is 9.53 Å². The highest BCUT2D eigenvalue weighted by Crippen LogP contribution is 2.40. The van der Waals surface area contributed by atoms with Crippen molar-refractivity contribution in [3.8, 4) is 28.8 Å². The number of esters is 1. The smallest absolute Gasteiger partial charge is 0.346 e. The van der Waals surface area contributed by atoms with Crippen molar-refractivity contribution in [3.05, 3.63) is 32.5 Å². The van der Waals surface area contributed by atoms with Gasteiger partial charge in [-0.2, -0.15) is 5.26 Å². The fourth-order valence-electron chi connectivity index (χ4n) is 2.22. The molecule has 0 bridgehead atoms. The zero-order chi connectivity index (χ0) is 20.1. The minimum Gasteiger partial charge on any atom is -0.493 e. The van der Waals surface area contributed by atoms with Crippen molar-refractivity contribution in [1.82, 2.24) is 9.97 Å². The van der Waals surface area contributed by atoms with E-state index in [4.69, 9.17) is 9.47 Å². The van der Waals surface area contributed by atoms with E-state index in [1.165, 1.54) is 26.0 Å². The van der Waals surface area contributed by atoms with E-state index in [0.717, 1.165) is 0 Å². The Balaban J connectivity index is 2.61. The highest BCUT2D eigenvalue weighted by atomic mass is 79.9. The third-order valence-electron chi connectivity index (χ3n) is 3.53. The van der Waals surface area contributed by atoms with Crippen molar-refractivity contribution in [1.29, 1.82) is 5.26 Å². The number of nitriles is 1. The molecule has 0 fully saturated rings. The van der Waals surface area contributed by atoms with Crippen LogP contribution < -0.4 is 15.0 Å². The number of nitrogens with zero attached hydrogens (tertiary/aromatic N) is 2. The number of methoxy groups -OCH3 is 2. The monoisotopic (exact) mass is 453 g/mol. The number of nitrogens with one attached hydrogen (secondary N) is 1. The Morgan fingerprint density at radius 1 is 1.41 bits per heavy atom. The molecule has 1 aromatic carbocycles. The van der Waals surface area contributed by atoms with Gasteiger partial charge in [0.15, 0.2) is 22.8 Å². The van der Waals surface area contributed by atoms with E-state index in [-0.39, 0.29) is 17.0 Å². The van der Waals surface area contributed by atoms with Crippen LogP contribution in [0.15, 0.2) is 26.6 Å². The maximum atomic E-state index is 12.1. The average Bonchev–Trinajstić information content (AvgIpc) is 2.67. The highest BCUT2D eigenvalue weighted by Gasteiger charge is 2.22. The standard InChI is InChI=1S/C17H16BrN3O5S/c1-8(16(23)25-3)26-14-11(18)5-9(6-12(14)24-2)13-10(7-19)15(22)21-17(20-13)27-4/h5-6,8H,1-4H3,(H,20,21,22). The van der Waals surface area contributed by atoms with Crippen LogP contribution in [-0.4, -0.2) is 42.5 Å². The molecule has 142 valence electrons. The van der Waals surface area contributed by atoms with E-state index in [0.29, 0.717) is 20.9 Å². The number of halogens is 1. The molecule has 1 N–H and O–H groups in total. The molecule has 0 radical (unpaired) electrons. The fourth-order valence-corrected chi connectivity index (χ4v) is 3.14. The minimum atomic E-state index is -0.860. The normalized spacial score (nSPS) is 11.4. The first-order valence-electron chi connectivity index (χ1n) is 7.57. The molecule has 1 unspecified atom stereocenters. The van der Waals surface area contributed by atoms with Gasteiger partial charge in [-0.1, -0.05) is 11.8 Å². The van der Waals surface area contributed by atoms with Crippen LogP contribution in [0, 0.1) is 11.3 Å². The van der Waals surface area contributed by atoms with Crippen LogP contribution in [0.2, 0.25) is 0 Å². The molecule has 0 saturated carbocycles. The van der Waals surface area contributed by atoms with E-state index in [1.807, 2.05) is 6.07 Å². The molecule has 0 saturated heterocycles. The molecule has 0 aliphatic heterocycles. The summed E-state index contributed by atoms with van der Waals surface area (Å²) in [5, 5.41) is 9.72. The predicted molar refractivity (Wildman–Crippen MR) is 103 cm³/mol. The molecule has 27 heavy (non-hydrogen) atoms. The zero-order valence-corrected chi connectivity index (χ0v) is 17.4. The van der Waals surface area contributed by atoms with Gasteiger partial charge in [0.25, 0.3) is 5.56 Å². The summed E-state index contributed by atoms with van der Waals surface area (Å²) in [5.41, 5.74) is 0.0619. The Kier molecular flexibility index (Phi) is 6.87. The number of hydrogen-bond acceptors (Lipinski definition) is 8. The fraction of sp³-hybridized carbons (Fsp3) is 0.294. The molecule has 0 spiro atoms. The maximum Gasteiger partial charge on any atom is 0.346 e. The van der Waals surface area contributed by atoms with Gasteiger partial charge in [-0.3, -0.25) is 4.79 Å². The largest absolute Gasteiger partial charge is 0.493 e. The first kappa shape index (κ1) is 20.8. The second-order valence-electron chi connectivity index (χ2n) is 5.18. The molecule has 10 heteroatoms. The number of H-pyrrole nitrogens is 1. The second-order valence-corrected chi connectivity index (χ2v) is 6.83. The van der Waals surface area contributed by atoms with Crippen molar-refractivity contribution in [2.75, 3.05) is 20.5 Å². The number of carbonyl (C=O) groups excluding carboxylic acids is 1. The SMILES string of the molecule is COC(=O)C(C)Oc1c(Br)cc(-c2nc(SC)[nH]c(=O)c2C#N)cc1OC. The third-order valence-corrected chi connectivity index (χ3v) is 4.70. The van der Waals surface area contributed by atoms with Crippen molar-refractivity contribution in [2.24, 2.45) is 0 Å². The van der Waals surface area contributed by atoms with Crippen molar-refractivity contribution < 1.29 is 19.0 Å². The highest BCUT2D eigenvalue weighted by molar-refractivity contribution is 9.10. The molecular weight excluding hydrogens is 438 g/mol. The Hall–Kier alpha value is -2.51. The van der Waals surface area contributed by atoms with Gasteiger partial charge in [0.2, 0.25) is 0 Å². The van der Waals surface area contributed by atoms with E-state index in [2.05, 4.69) is 30.6 Å². The van der Waals surface area contributed by atoms with Crippen LogP contribution in [0.4, 0.5) is 0 Å². The summed E-state index contributed by atoms with van der Waals surface area (Å²) in [6.45, 7) is 1.54. The molecule has 2 rings (SSSR count). The summed E-state index contributed by atoms with van der Waals surface area (Å²) in [6.07, 6.45) is 0.900. The number of aromatic nitrogens is 2. The predicted octanol–water partition coefficient (Wildman–Crippen LogP) is 2.74. The van der Waals surface area contributed by atoms with E-state index >= 15 is 0 Å². The van der Waals surface area contributed by atoms with E-state index < -0.39 is 17.6 Å². The van der Waals surface area contributed by atoms with E-state index in [1.54, 1.807) is 25.3 Å². The molecule has 1 heterocycles. The van der Waals surface area contributed by atoms with Crippen LogP contribution >= 0.6 is 27.7 Å². The summed E-state index contributed by atoms with van der Waals surface area (Å²) in [4.78, 5) is 30.6. The Morgan fingerprint density at radius 3 is 2.67 bits per heavy atom. The van der Waals surface area contributed by atoms with Gasteiger partial charge in [-0.05, 0) is 41.2 Å². The first-order chi connectivity index (χ1) is 12.9. The van der Waals surface area contributed by atoms with E-state index in [9.17, 15) is 14.9 Å².